The molecule has 2 heterocycles. The van der Waals surface area contributed by atoms with E-state index in [1.807, 2.05) is 36.3 Å². The van der Waals surface area contributed by atoms with E-state index in [0.29, 0.717) is 34.1 Å². The van der Waals surface area contributed by atoms with Crippen LogP contribution in [-0.4, -0.2) is 12.0 Å². The topological polar surface area (TPSA) is 70.1 Å². The van der Waals surface area contributed by atoms with Crippen molar-refractivity contribution in [2.75, 3.05) is 11.2 Å². The van der Waals surface area contributed by atoms with Crippen LogP contribution in [0, 0.1) is 18.3 Å². The minimum absolute atomic E-state index is 0.0875. The highest BCUT2D eigenvalue weighted by molar-refractivity contribution is 8.00. The van der Waals surface area contributed by atoms with Crippen LogP contribution in [0.2, 0.25) is 5.02 Å². The number of aryl methyl sites for hydroxylation is 1. The van der Waals surface area contributed by atoms with E-state index in [1.54, 1.807) is 29.2 Å². The number of benzene rings is 1. The number of allylic oxidation sites excluding steroid dienone is 3. The fraction of sp³-hybridized carbons (Fsp3) is 0.273. The van der Waals surface area contributed by atoms with E-state index in [0.717, 1.165) is 33.2 Å². The van der Waals surface area contributed by atoms with E-state index in [-0.39, 0.29) is 5.78 Å². The molecule has 0 saturated heterocycles. The van der Waals surface area contributed by atoms with Crippen molar-refractivity contribution in [3.05, 3.63) is 68.5 Å². The highest BCUT2D eigenvalue weighted by Gasteiger charge is 2.41. The molecule has 1 atom stereocenters. The van der Waals surface area contributed by atoms with Crippen LogP contribution in [0.5, 0.6) is 0 Å². The van der Waals surface area contributed by atoms with Crippen LogP contribution < -0.4 is 10.6 Å². The number of nitriles is 1. The maximum Gasteiger partial charge on any atom is 0.161 e. The molecule has 0 saturated carbocycles. The molecular weight excluding hydrogens is 422 g/mol. The van der Waals surface area contributed by atoms with Crippen molar-refractivity contribution in [3.63, 3.8) is 0 Å². The number of ketones is 1. The largest absolute Gasteiger partial charge is 0.384 e. The zero-order chi connectivity index (χ0) is 20.7. The Bertz CT molecular complexity index is 1110. The molecule has 0 bridgehead atoms. The number of thioether (sulfide) groups is 1. The molecule has 1 aliphatic carbocycles. The number of halogens is 1. The number of Topliss-reactive ketones (excluding diaryl/α,β-unsaturated/α-hetero) is 1. The number of nitrogens with two attached hydrogens (primary N) is 1. The third kappa shape index (κ3) is 3.28. The molecular formula is C22H20ClN3OS2. The lowest BCUT2D eigenvalue weighted by molar-refractivity contribution is -0.116. The average Bonchev–Trinajstić information content (AvgIpc) is 3.08. The van der Waals surface area contributed by atoms with Crippen LogP contribution in [0.1, 0.15) is 35.6 Å². The number of anilines is 1. The van der Waals surface area contributed by atoms with Crippen molar-refractivity contribution in [2.45, 2.75) is 36.3 Å². The normalized spacial score (nSPS) is 19.4. The third-order valence-corrected chi connectivity index (χ3v) is 7.89. The zero-order valence-electron chi connectivity index (χ0n) is 16.2. The van der Waals surface area contributed by atoms with Gasteiger partial charge in [-0.1, -0.05) is 23.7 Å². The van der Waals surface area contributed by atoms with Gasteiger partial charge in [0.05, 0.1) is 32.5 Å². The molecule has 7 heteroatoms. The molecule has 2 aromatic rings. The van der Waals surface area contributed by atoms with Gasteiger partial charge in [-0.25, -0.2) is 0 Å². The van der Waals surface area contributed by atoms with Gasteiger partial charge in [0, 0.05) is 22.6 Å². The molecule has 0 amide bonds. The van der Waals surface area contributed by atoms with E-state index < -0.39 is 5.92 Å². The average molecular weight is 442 g/mol. The Morgan fingerprint density at radius 1 is 1.34 bits per heavy atom. The van der Waals surface area contributed by atoms with Crippen molar-refractivity contribution >= 4 is 46.2 Å². The Hall–Kier alpha value is -2.20. The maximum absolute atomic E-state index is 13.2. The highest BCUT2D eigenvalue weighted by atomic mass is 35.5. The Morgan fingerprint density at radius 3 is 2.79 bits per heavy atom. The number of para-hydroxylation sites is 1. The SMILES string of the molecule is CSc1sc(C)cc1[C@H]1C(C#N)=C(N)N(c2ccccc2Cl)C2=C1C(=O)CCC2. The second-order valence-electron chi connectivity index (χ2n) is 7.07. The number of nitrogens with zero attached hydrogens (tertiary/aromatic N) is 2. The van der Waals surface area contributed by atoms with Gasteiger partial charge >= 0.3 is 0 Å². The number of carbonyl (C=O) groups is 1. The summed E-state index contributed by atoms with van der Waals surface area (Å²) in [7, 11) is 0. The lowest BCUT2D eigenvalue weighted by Crippen LogP contribution is -2.38. The summed E-state index contributed by atoms with van der Waals surface area (Å²) >= 11 is 9.80. The molecule has 0 radical (unpaired) electrons. The van der Waals surface area contributed by atoms with Crippen LogP contribution in [-0.2, 0) is 4.79 Å². The first kappa shape index (κ1) is 20.1. The van der Waals surface area contributed by atoms with E-state index in [2.05, 4.69) is 12.1 Å². The summed E-state index contributed by atoms with van der Waals surface area (Å²) < 4.78 is 1.12. The third-order valence-electron chi connectivity index (χ3n) is 5.35. The first-order valence-corrected chi connectivity index (χ1v) is 11.7. The summed E-state index contributed by atoms with van der Waals surface area (Å²) in [5.41, 5.74) is 10.3. The monoisotopic (exact) mass is 441 g/mol. The summed E-state index contributed by atoms with van der Waals surface area (Å²) in [4.78, 5) is 16.1. The smallest absolute Gasteiger partial charge is 0.161 e. The van der Waals surface area contributed by atoms with Gasteiger partial charge in [0.15, 0.2) is 5.78 Å². The van der Waals surface area contributed by atoms with Gasteiger partial charge in [-0.15, -0.1) is 23.1 Å². The van der Waals surface area contributed by atoms with Crippen LogP contribution in [0.4, 0.5) is 5.69 Å². The molecule has 4 nitrogen and oxygen atoms in total. The predicted molar refractivity (Wildman–Crippen MR) is 120 cm³/mol. The standard InChI is InChI=1S/C22H20ClN3OS2/c1-12-10-13(22(28-2)29-12)19-14(11-24)21(25)26(16-7-4-3-6-15(16)23)17-8-5-9-18(27)20(17)19/h3-4,6-7,10,19H,5,8-9,25H2,1-2H3/t19-/m0/s1. The Morgan fingerprint density at radius 2 is 2.10 bits per heavy atom. The predicted octanol–water partition coefficient (Wildman–Crippen LogP) is 5.74. The summed E-state index contributed by atoms with van der Waals surface area (Å²) in [6.07, 6.45) is 3.99. The van der Waals surface area contributed by atoms with Gasteiger partial charge in [0.1, 0.15) is 5.82 Å². The molecule has 1 aromatic heterocycles. The Balaban J connectivity index is 2.01. The van der Waals surface area contributed by atoms with E-state index in [9.17, 15) is 10.1 Å². The maximum atomic E-state index is 13.2. The summed E-state index contributed by atoms with van der Waals surface area (Å²) in [5.74, 6) is 0.0216. The van der Waals surface area contributed by atoms with E-state index >= 15 is 0 Å². The number of rotatable bonds is 3. The van der Waals surface area contributed by atoms with E-state index in [4.69, 9.17) is 17.3 Å². The van der Waals surface area contributed by atoms with Gasteiger partial charge in [-0.3, -0.25) is 9.69 Å². The summed E-state index contributed by atoms with van der Waals surface area (Å²) in [6, 6.07) is 11.8. The van der Waals surface area contributed by atoms with Crippen molar-refractivity contribution < 1.29 is 4.79 Å². The number of thiophene rings is 1. The summed E-state index contributed by atoms with van der Waals surface area (Å²) in [6.45, 7) is 2.05. The van der Waals surface area contributed by atoms with Gasteiger partial charge in [-0.2, -0.15) is 5.26 Å². The molecule has 0 spiro atoms. The molecule has 148 valence electrons. The molecule has 1 aliphatic heterocycles. The lowest BCUT2D eigenvalue weighted by Gasteiger charge is -2.39. The Kier molecular flexibility index (Phi) is 5.48. The fourth-order valence-corrected chi connectivity index (χ4v) is 6.31. The van der Waals surface area contributed by atoms with Crippen molar-refractivity contribution in [3.8, 4) is 6.07 Å². The van der Waals surface area contributed by atoms with Crippen molar-refractivity contribution in [2.24, 2.45) is 5.73 Å². The quantitative estimate of drug-likeness (QED) is 0.615. The lowest BCUT2D eigenvalue weighted by atomic mass is 9.76. The van der Waals surface area contributed by atoms with E-state index in [1.165, 1.54) is 0 Å². The highest BCUT2D eigenvalue weighted by Crippen LogP contribution is 2.50. The van der Waals surface area contributed by atoms with Crippen LogP contribution in [0.15, 0.2) is 57.2 Å². The number of hydrogen-bond donors (Lipinski definition) is 1. The van der Waals surface area contributed by atoms with Gasteiger partial charge < -0.3 is 5.73 Å². The molecule has 4 rings (SSSR count). The summed E-state index contributed by atoms with van der Waals surface area (Å²) in [5, 5.41) is 10.6. The first-order chi connectivity index (χ1) is 14.0. The van der Waals surface area contributed by atoms with Crippen LogP contribution in [0.25, 0.3) is 0 Å². The molecule has 2 aliphatic rings. The minimum Gasteiger partial charge on any atom is -0.384 e. The van der Waals surface area contributed by atoms with Gasteiger partial charge in [0.2, 0.25) is 0 Å². The molecule has 1 aromatic carbocycles. The van der Waals surface area contributed by atoms with Crippen LogP contribution in [0.3, 0.4) is 0 Å². The fourth-order valence-electron chi connectivity index (χ4n) is 4.18. The molecule has 2 N–H and O–H groups in total. The molecule has 0 unspecified atom stereocenters. The minimum atomic E-state index is -0.422. The van der Waals surface area contributed by atoms with Gasteiger partial charge in [0.25, 0.3) is 0 Å². The molecule has 0 fully saturated rings. The van der Waals surface area contributed by atoms with Crippen molar-refractivity contribution in [1.29, 1.82) is 5.26 Å². The number of hydrogen-bond acceptors (Lipinski definition) is 6. The second-order valence-corrected chi connectivity index (χ2v) is 9.81. The van der Waals surface area contributed by atoms with Crippen molar-refractivity contribution in [1.82, 2.24) is 0 Å². The molecule has 29 heavy (non-hydrogen) atoms. The number of carbonyl (C=O) groups excluding carboxylic acids is 1. The van der Waals surface area contributed by atoms with Gasteiger partial charge in [-0.05, 0) is 49.8 Å². The zero-order valence-corrected chi connectivity index (χ0v) is 18.5. The Labute approximate surface area is 183 Å². The second kappa shape index (κ2) is 7.91. The first-order valence-electron chi connectivity index (χ1n) is 9.32. The van der Waals surface area contributed by atoms with Crippen LogP contribution >= 0.6 is 34.7 Å².